The number of halogens is 1. The summed E-state index contributed by atoms with van der Waals surface area (Å²) in [6.07, 6.45) is 0. The number of nitrogens with zero attached hydrogens (tertiary/aromatic N) is 2. The van der Waals surface area contributed by atoms with E-state index < -0.39 is 0 Å². The SMILES string of the molecule is [B]c1ccc2nc(N)n(CCCl)c2c1. The molecule has 0 aliphatic carbocycles. The van der Waals surface area contributed by atoms with Crippen molar-refractivity contribution in [3.63, 3.8) is 0 Å². The molecule has 0 bridgehead atoms. The number of aromatic nitrogens is 2. The molecule has 1 heterocycles. The Hall–Kier alpha value is -1.16. The van der Waals surface area contributed by atoms with Crippen LogP contribution < -0.4 is 11.2 Å². The zero-order chi connectivity index (χ0) is 10.1. The van der Waals surface area contributed by atoms with Crippen LogP contribution in [0.1, 0.15) is 0 Å². The molecule has 0 atom stereocenters. The molecular formula is C9H9BClN3. The Morgan fingerprint density at radius 3 is 3.00 bits per heavy atom. The summed E-state index contributed by atoms with van der Waals surface area (Å²) in [4.78, 5) is 4.20. The number of aryl methyl sites for hydroxylation is 1. The highest BCUT2D eigenvalue weighted by atomic mass is 35.5. The van der Waals surface area contributed by atoms with Gasteiger partial charge in [-0.1, -0.05) is 11.5 Å². The molecule has 1 aromatic carbocycles. The summed E-state index contributed by atoms with van der Waals surface area (Å²) in [5, 5.41) is 0. The molecule has 0 fully saturated rings. The van der Waals surface area contributed by atoms with Crippen molar-refractivity contribution in [2.75, 3.05) is 11.6 Å². The van der Waals surface area contributed by atoms with E-state index >= 15 is 0 Å². The lowest BCUT2D eigenvalue weighted by atomic mass is 9.96. The van der Waals surface area contributed by atoms with Crippen molar-refractivity contribution in [2.45, 2.75) is 6.54 Å². The van der Waals surface area contributed by atoms with Gasteiger partial charge in [-0.05, 0) is 12.1 Å². The number of hydrogen-bond donors (Lipinski definition) is 1. The van der Waals surface area contributed by atoms with Crippen LogP contribution in [0.15, 0.2) is 18.2 Å². The zero-order valence-electron chi connectivity index (χ0n) is 7.57. The first-order chi connectivity index (χ1) is 6.72. The van der Waals surface area contributed by atoms with Gasteiger partial charge in [-0.2, -0.15) is 0 Å². The minimum Gasteiger partial charge on any atom is -0.369 e. The average molecular weight is 205 g/mol. The van der Waals surface area contributed by atoms with Gasteiger partial charge in [0.05, 0.1) is 11.0 Å². The molecular weight excluding hydrogens is 196 g/mol. The maximum atomic E-state index is 5.74. The van der Waals surface area contributed by atoms with Crippen molar-refractivity contribution in [2.24, 2.45) is 0 Å². The molecule has 0 saturated carbocycles. The number of imidazole rings is 1. The maximum Gasteiger partial charge on any atom is 0.201 e. The van der Waals surface area contributed by atoms with Gasteiger partial charge in [0, 0.05) is 12.4 Å². The number of alkyl halides is 1. The van der Waals surface area contributed by atoms with Crippen molar-refractivity contribution in [1.29, 1.82) is 0 Å². The highest BCUT2D eigenvalue weighted by Crippen LogP contribution is 2.16. The minimum absolute atomic E-state index is 0.478. The maximum absolute atomic E-state index is 5.74. The number of anilines is 1. The normalized spacial score (nSPS) is 10.9. The third-order valence-corrected chi connectivity index (χ3v) is 2.28. The van der Waals surface area contributed by atoms with Crippen LogP contribution in [0.25, 0.3) is 11.0 Å². The Balaban J connectivity index is 2.66. The molecule has 2 rings (SSSR count). The van der Waals surface area contributed by atoms with E-state index in [0.29, 0.717) is 23.8 Å². The van der Waals surface area contributed by atoms with Crippen molar-refractivity contribution < 1.29 is 0 Å². The lowest BCUT2D eigenvalue weighted by Crippen LogP contribution is -2.06. The zero-order valence-corrected chi connectivity index (χ0v) is 8.33. The number of hydrogen-bond acceptors (Lipinski definition) is 2. The third-order valence-electron chi connectivity index (χ3n) is 2.11. The Labute approximate surface area is 88.3 Å². The molecule has 5 heteroatoms. The lowest BCUT2D eigenvalue weighted by molar-refractivity contribution is 0.806. The van der Waals surface area contributed by atoms with Crippen LogP contribution in [-0.2, 0) is 6.54 Å². The quantitative estimate of drug-likeness (QED) is 0.578. The molecule has 2 N–H and O–H groups in total. The molecule has 0 aliphatic heterocycles. The van der Waals surface area contributed by atoms with Crippen molar-refractivity contribution >= 4 is 41.9 Å². The lowest BCUT2D eigenvalue weighted by Gasteiger charge is -2.03. The van der Waals surface area contributed by atoms with Gasteiger partial charge in [-0.25, -0.2) is 4.98 Å². The van der Waals surface area contributed by atoms with Gasteiger partial charge in [-0.3, -0.25) is 0 Å². The first-order valence-corrected chi connectivity index (χ1v) is 4.83. The second-order valence-electron chi connectivity index (χ2n) is 3.06. The smallest absolute Gasteiger partial charge is 0.201 e. The Kier molecular flexibility index (Phi) is 2.38. The van der Waals surface area contributed by atoms with Crippen LogP contribution >= 0.6 is 11.6 Å². The van der Waals surface area contributed by atoms with Gasteiger partial charge in [0.15, 0.2) is 0 Å². The Bertz CT molecular complexity index is 466. The molecule has 0 aliphatic rings. The Morgan fingerprint density at radius 2 is 2.29 bits per heavy atom. The van der Waals surface area contributed by atoms with Gasteiger partial charge in [0.25, 0.3) is 0 Å². The monoisotopic (exact) mass is 205 g/mol. The fraction of sp³-hybridized carbons (Fsp3) is 0.222. The average Bonchev–Trinajstić information content (AvgIpc) is 2.45. The predicted molar refractivity (Wildman–Crippen MR) is 60.3 cm³/mol. The highest BCUT2D eigenvalue weighted by molar-refractivity contribution is 6.33. The molecule has 3 nitrogen and oxygen atoms in total. The van der Waals surface area contributed by atoms with Gasteiger partial charge >= 0.3 is 0 Å². The van der Waals surface area contributed by atoms with Gasteiger partial charge in [0.1, 0.15) is 7.85 Å². The largest absolute Gasteiger partial charge is 0.369 e. The standard InChI is InChI=1S/C9H9BClN3/c10-6-1-2-7-8(5-6)14(4-3-11)9(12)13-7/h1-2,5H,3-4H2,(H2,12,13). The first-order valence-electron chi connectivity index (χ1n) is 4.29. The molecule has 2 radical (unpaired) electrons. The molecule has 0 saturated heterocycles. The number of fused-ring (bicyclic) bond motifs is 1. The summed E-state index contributed by atoms with van der Waals surface area (Å²) in [6.45, 7) is 0.646. The number of rotatable bonds is 2. The van der Waals surface area contributed by atoms with Crippen LogP contribution in [0.5, 0.6) is 0 Å². The van der Waals surface area contributed by atoms with Crippen molar-refractivity contribution in [1.82, 2.24) is 9.55 Å². The topological polar surface area (TPSA) is 43.8 Å². The van der Waals surface area contributed by atoms with Crippen LogP contribution in [0, 0.1) is 0 Å². The minimum atomic E-state index is 0.478. The van der Waals surface area contributed by atoms with E-state index in [2.05, 4.69) is 4.98 Å². The van der Waals surface area contributed by atoms with Crippen molar-refractivity contribution in [3.05, 3.63) is 18.2 Å². The number of nitrogens with two attached hydrogens (primary N) is 1. The summed E-state index contributed by atoms with van der Waals surface area (Å²) < 4.78 is 1.86. The summed E-state index contributed by atoms with van der Waals surface area (Å²) >= 11 is 5.67. The molecule has 0 unspecified atom stereocenters. The molecule has 1 aromatic heterocycles. The predicted octanol–water partition coefficient (Wildman–Crippen LogP) is 0.651. The van der Waals surface area contributed by atoms with E-state index in [-0.39, 0.29) is 0 Å². The summed E-state index contributed by atoms with van der Waals surface area (Å²) in [6, 6.07) is 5.51. The van der Waals surface area contributed by atoms with E-state index in [1.165, 1.54) is 0 Å². The van der Waals surface area contributed by atoms with E-state index in [4.69, 9.17) is 25.2 Å². The highest BCUT2D eigenvalue weighted by Gasteiger charge is 2.06. The molecule has 0 amide bonds. The summed E-state index contributed by atoms with van der Waals surface area (Å²) in [7, 11) is 5.68. The van der Waals surface area contributed by atoms with E-state index in [1.54, 1.807) is 6.07 Å². The first kappa shape index (κ1) is 9.40. The van der Waals surface area contributed by atoms with Crippen LogP contribution in [0.3, 0.4) is 0 Å². The number of benzene rings is 1. The Morgan fingerprint density at radius 1 is 1.50 bits per heavy atom. The fourth-order valence-electron chi connectivity index (χ4n) is 1.48. The van der Waals surface area contributed by atoms with Crippen LogP contribution in [-0.4, -0.2) is 23.3 Å². The second-order valence-corrected chi connectivity index (χ2v) is 3.44. The van der Waals surface area contributed by atoms with Crippen molar-refractivity contribution in [3.8, 4) is 0 Å². The second kappa shape index (κ2) is 3.54. The third kappa shape index (κ3) is 1.46. The summed E-state index contributed by atoms with van der Waals surface area (Å²) in [5.74, 6) is 0.982. The fourth-order valence-corrected chi connectivity index (χ4v) is 1.65. The van der Waals surface area contributed by atoms with E-state index in [1.807, 2.05) is 16.7 Å². The van der Waals surface area contributed by atoms with E-state index in [0.717, 1.165) is 11.0 Å². The number of nitrogen functional groups attached to an aromatic ring is 1. The molecule has 14 heavy (non-hydrogen) atoms. The van der Waals surface area contributed by atoms with Gasteiger partial charge < -0.3 is 10.3 Å². The van der Waals surface area contributed by atoms with Gasteiger partial charge in [0.2, 0.25) is 5.95 Å². The van der Waals surface area contributed by atoms with E-state index in [9.17, 15) is 0 Å². The van der Waals surface area contributed by atoms with Crippen LogP contribution in [0.2, 0.25) is 0 Å². The summed E-state index contributed by atoms with van der Waals surface area (Å²) in [5.41, 5.74) is 8.23. The molecule has 0 spiro atoms. The van der Waals surface area contributed by atoms with Gasteiger partial charge in [-0.15, -0.1) is 11.6 Å². The molecule has 2 aromatic rings. The van der Waals surface area contributed by atoms with Crippen LogP contribution in [0.4, 0.5) is 5.95 Å². The molecule has 70 valence electrons.